The second-order valence-electron chi connectivity index (χ2n) is 6.15. The molecule has 0 bridgehead atoms. The Balaban J connectivity index is 1.44. The van der Waals surface area contributed by atoms with Crippen LogP contribution in [0.3, 0.4) is 0 Å². The average Bonchev–Trinajstić information content (AvgIpc) is 2.71. The zero-order valence-electron chi connectivity index (χ0n) is 14.5. The minimum Gasteiger partial charge on any atom is -0.353 e. The van der Waals surface area contributed by atoms with Gasteiger partial charge in [-0.25, -0.2) is 18.7 Å². The zero-order chi connectivity index (χ0) is 18.6. The Bertz CT molecular complexity index is 913. The fourth-order valence-corrected chi connectivity index (χ4v) is 3.00. The first kappa shape index (κ1) is 17.1. The summed E-state index contributed by atoms with van der Waals surface area (Å²) in [6.07, 6.45) is 3.41. The minimum atomic E-state index is -0.687. The van der Waals surface area contributed by atoms with Gasteiger partial charge in [-0.15, -0.1) is 0 Å². The first-order valence-electron chi connectivity index (χ1n) is 8.65. The van der Waals surface area contributed by atoms with E-state index in [0.29, 0.717) is 0 Å². The van der Waals surface area contributed by atoms with Gasteiger partial charge in [-0.05, 0) is 30.3 Å². The molecular formula is C19H18F2N6. The van der Waals surface area contributed by atoms with Gasteiger partial charge in [0.15, 0.2) is 0 Å². The second kappa shape index (κ2) is 7.53. The van der Waals surface area contributed by atoms with Crippen LogP contribution in [0.1, 0.15) is 0 Å². The first-order valence-corrected chi connectivity index (χ1v) is 8.65. The molecule has 0 atom stereocenters. The van der Waals surface area contributed by atoms with Crippen LogP contribution in [-0.2, 0) is 0 Å². The Labute approximate surface area is 155 Å². The van der Waals surface area contributed by atoms with Gasteiger partial charge in [-0.1, -0.05) is 6.07 Å². The molecule has 1 saturated heterocycles. The number of rotatable bonds is 4. The predicted molar refractivity (Wildman–Crippen MR) is 100 cm³/mol. The summed E-state index contributed by atoms with van der Waals surface area (Å²) >= 11 is 0. The van der Waals surface area contributed by atoms with Crippen LogP contribution in [0.2, 0.25) is 0 Å². The fourth-order valence-electron chi connectivity index (χ4n) is 3.00. The zero-order valence-corrected chi connectivity index (χ0v) is 14.5. The third-order valence-corrected chi connectivity index (χ3v) is 4.40. The van der Waals surface area contributed by atoms with Gasteiger partial charge >= 0.3 is 0 Å². The number of piperazine rings is 1. The van der Waals surface area contributed by atoms with Gasteiger partial charge in [0.1, 0.15) is 23.3 Å². The highest BCUT2D eigenvalue weighted by atomic mass is 19.1. The van der Waals surface area contributed by atoms with Crippen molar-refractivity contribution in [3.63, 3.8) is 0 Å². The number of anilines is 4. The molecule has 1 aliphatic rings. The molecule has 0 amide bonds. The highest BCUT2D eigenvalue weighted by molar-refractivity contribution is 5.56. The Kier molecular flexibility index (Phi) is 4.78. The van der Waals surface area contributed by atoms with Crippen molar-refractivity contribution in [3.8, 4) is 0 Å². The number of halogens is 2. The largest absolute Gasteiger partial charge is 0.353 e. The molecule has 4 rings (SSSR count). The van der Waals surface area contributed by atoms with Gasteiger partial charge in [-0.2, -0.15) is 4.98 Å². The van der Waals surface area contributed by atoms with E-state index >= 15 is 0 Å². The number of benzene rings is 1. The van der Waals surface area contributed by atoms with Gasteiger partial charge < -0.3 is 15.1 Å². The fraction of sp³-hybridized carbons (Fsp3) is 0.211. The number of nitrogens with zero attached hydrogens (tertiary/aromatic N) is 5. The van der Waals surface area contributed by atoms with E-state index < -0.39 is 11.6 Å². The quantitative estimate of drug-likeness (QED) is 0.763. The Morgan fingerprint density at radius 3 is 2.30 bits per heavy atom. The molecule has 0 saturated carbocycles. The molecule has 27 heavy (non-hydrogen) atoms. The van der Waals surface area contributed by atoms with Crippen LogP contribution in [0, 0.1) is 11.6 Å². The monoisotopic (exact) mass is 368 g/mol. The van der Waals surface area contributed by atoms with Crippen LogP contribution in [0.15, 0.2) is 54.9 Å². The number of nitrogens with one attached hydrogen (secondary N) is 1. The van der Waals surface area contributed by atoms with Crippen LogP contribution >= 0.6 is 0 Å². The number of hydrogen-bond donors (Lipinski definition) is 1. The molecule has 1 aromatic carbocycles. The van der Waals surface area contributed by atoms with E-state index in [1.54, 1.807) is 12.4 Å². The highest BCUT2D eigenvalue weighted by Gasteiger charge is 2.19. The maximum atomic E-state index is 13.8. The van der Waals surface area contributed by atoms with Gasteiger partial charge in [0.05, 0.1) is 5.69 Å². The van der Waals surface area contributed by atoms with E-state index in [1.807, 2.05) is 24.3 Å². The molecule has 0 aliphatic carbocycles. The molecular weight excluding hydrogens is 350 g/mol. The standard InChI is InChI=1S/C19H18F2N6/c20-14-4-5-16(15(21)13-14)24-19-23-8-6-18(25-19)27-11-9-26(10-12-27)17-3-1-2-7-22-17/h1-8,13H,9-12H2,(H,23,24,25). The molecule has 3 heterocycles. The van der Waals surface area contributed by atoms with Crippen molar-refractivity contribution in [3.05, 3.63) is 66.5 Å². The topological polar surface area (TPSA) is 57.2 Å². The van der Waals surface area contributed by atoms with Crippen LogP contribution in [0.4, 0.5) is 32.1 Å². The van der Waals surface area contributed by atoms with Crippen molar-refractivity contribution in [2.75, 3.05) is 41.3 Å². The molecule has 138 valence electrons. The normalized spacial score (nSPS) is 14.3. The lowest BCUT2D eigenvalue weighted by Crippen LogP contribution is -2.47. The highest BCUT2D eigenvalue weighted by Crippen LogP contribution is 2.21. The van der Waals surface area contributed by atoms with Crippen molar-refractivity contribution >= 4 is 23.3 Å². The molecule has 0 spiro atoms. The molecule has 8 heteroatoms. The third kappa shape index (κ3) is 3.94. The lowest BCUT2D eigenvalue weighted by Gasteiger charge is -2.36. The summed E-state index contributed by atoms with van der Waals surface area (Å²) in [6, 6.07) is 11.0. The summed E-state index contributed by atoms with van der Waals surface area (Å²) in [5.41, 5.74) is 0.133. The van der Waals surface area contributed by atoms with Crippen molar-refractivity contribution in [2.45, 2.75) is 0 Å². The summed E-state index contributed by atoms with van der Waals surface area (Å²) in [5.74, 6) is 0.682. The Morgan fingerprint density at radius 2 is 1.59 bits per heavy atom. The molecule has 0 unspecified atom stereocenters. The van der Waals surface area contributed by atoms with Gasteiger partial charge in [0, 0.05) is 44.6 Å². The van der Waals surface area contributed by atoms with E-state index in [9.17, 15) is 8.78 Å². The van der Waals surface area contributed by atoms with Crippen LogP contribution < -0.4 is 15.1 Å². The SMILES string of the molecule is Fc1ccc(Nc2nccc(N3CCN(c4ccccn4)CC3)n2)c(F)c1. The lowest BCUT2D eigenvalue weighted by molar-refractivity contribution is 0.586. The van der Waals surface area contributed by atoms with E-state index in [0.717, 1.165) is 43.9 Å². The summed E-state index contributed by atoms with van der Waals surface area (Å²) < 4.78 is 26.8. The minimum absolute atomic E-state index is 0.133. The van der Waals surface area contributed by atoms with Crippen LogP contribution in [0.25, 0.3) is 0 Å². The lowest BCUT2D eigenvalue weighted by atomic mass is 10.3. The first-order chi connectivity index (χ1) is 13.2. The molecule has 6 nitrogen and oxygen atoms in total. The van der Waals surface area contributed by atoms with Gasteiger partial charge in [-0.3, -0.25) is 0 Å². The summed E-state index contributed by atoms with van der Waals surface area (Å²) in [6.45, 7) is 3.24. The van der Waals surface area contributed by atoms with Crippen LogP contribution in [0.5, 0.6) is 0 Å². The van der Waals surface area contributed by atoms with Crippen molar-refractivity contribution in [1.29, 1.82) is 0 Å². The molecule has 2 aromatic heterocycles. The number of aromatic nitrogens is 3. The number of pyridine rings is 1. The van der Waals surface area contributed by atoms with Crippen molar-refractivity contribution < 1.29 is 8.78 Å². The molecule has 0 radical (unpaired) electrons. The predicted octanol–water partition coefficient (Wildman–Crippen LogP) is 3.22. The second-order valence-corrected chi connectivity index (χ2v) is 6.15. The molecule has 1 N–H and O–H groups in total. The summed E-state index contributed by atoms with van der Waals surface area (Å²) in [4.78, 5) is 17.3. The molecule has 1 aliphatic heterocycles. The van der Waals surface area contributed by atoms with E-state index in [4.69, 9.17) is 0 Å². The van der Waals surface area contributed by atoms with E-state index in [2.05, 4.69) is 30.1 Å². The van der Waals surface area contributed by atoms with Crippen molar-refractivity contribution in [1.82, 2.24) is 15.0 Å². The van der Waals surface area contributed by atoms with Crippen molar-refractivity contribution in [2.24, 2.45) is 0 Å². The number of hydrogen-bond acceptors (Lipinski definition) is 6. The summed E-state index contributed by atoms with van der Waals surface area (Å²) in [7, 11) is 0. The average molecular weight is 368 g/mol. The third-order valence-electron chi connectivity index (χ3n) is 4.40. The maximum absolute atomic E-state index is 13.8. The summed E-state index contributed by atoms with van der Waals surface area (Å²) in [5, 5.41) is 2.80. The van der Waals surface area contributed by atoms with Gasteiger partial charge in [0.25, 0.3) is 0 Å². The van der Waals surface area contributed by atoms with Gasteiger partial charge in [0.2, 0.25) is 5.95 Å². The van der Waals surface area contributed by atoms with Crippen LogP contribution in [-0.4, -0.2) is 41.1 Å². The Morgan fingerprint density at radius 1 is 0.815 bits per heavy atom. The molecule has 3 aromatic rings. The van der Waals surface area contributed by atoms with E-state index in [1.165, 1.54) is 12.1 Å². The molecule has 1 fully saturated rings. The Hall–Kier alpha value is -3.29. The maximum Gasteiger partial charge on any atom is 0.229 e. The smallest absolute Gasteiger partial charge is 0.229 e. The van der Waals surface area contributed by atoms with E-state index in [-0.39, 0.29) is 11.6 Å².